The smallest absolute Gasteiger partial charge is 0.244 e. The summed E-state index contributed by atoms with van der Waals surface area (Å²) >= 11 is 0. The zero-order valence-electron chi connectivity index (χ0n) is 17.8. The van der Waals surface area contributed by atoms with Crippen molar-refractivity contribution < 1.29 is 23.0 Å². The normalized spacial score (nSPS) is 10.8. The van der Waals surface area contributed by atoms with Crippen LogP contribution in [0.25, 0.3) is 6.08 Å². The molecule has 0 aliphatic rings. The quantitative estimate of drug-likeness (QED) is 0.344. The van der Waals surface area contributed by atoms with Crippen LogP contribution in [0.1, 0.15) is 11.1 Å². The summed E-state index contributed by atoms with van der Waals surface area (Å²) in [6.07, 6.45) is 7.39. The van der Waals surface area contributed by atoms with Gasteiger partial charge < -0.3 is 14.8 Å². The number of halogens is 2. The van der Waals surface area contributed by atoms with E-state index in [4.69, 9.17) is 9.47 Å². The Labute approximate surface area is 194 Å². The molecule has 0 atom stereocenters. The number of hydrogen-bond acceptors (Lipinski definition) is 5. The zero-order valence-corrected chi connectivity index (χ0v) is 17.8. The van der Waals surface area contributed by atoms with Gasteiger partial charge >= 0.3 is 0 Å². The molecule has 170 valence electrons. The molecule has 0 aliphatic heterocycles. The molecule has 1 amide bonds. The molecule has 34 heavy (non-hydrogen) atoms. The van der Waals surface area contributed by atoms with Crippen molar-refractivity contribution in [3.63, 3.8) is 0 Å². The molecule has 0 aliphatic carbocycles. The summed E-state index contributed by atoms with van der Waals surface area (Å²) in [6.45, 7) is 0.133. The summed E-state index contributed by atoms with van der Waals surface area (Å²) in [4.78, 5) is 20.3. The first-order chi connectivity index (χ1) is 16.6. The van der Waals surface area contributed by atoms with Crippen LogP contribution in [-0.4, -0.2) is 15.9 Å². The molecule has 6 nitrogen and oxygen atoms in total. The van der Waals surface area contributed by atoms with E-state index < -0.39 is 17.5 Å². The van der Waals surface area contributed by atoms with Gasteiger partial charge in [0.15, 0.2) is 11.6 Å². The third-order valence-electron chi connectivity index (χ3n) is 4.56. The highest BCUT2D eigenvalue weighted by Gasteiger charge is 2.09. The maximum atomic E-state index is 14.4. The average Bonchev–Trinajstić information content (AvgIpc) is 2.84. The van der Waals surface area contributed by atoms with Crippen LogP contribution in [0.4, 0.5) is 8.78 Å². The minimum atomic E-state index is -0.569. The van der Waals surface area contributed by atoms with Crippen molar-refractivity contribution in [2.45, 2.75) is 6.54 Å². The monoisotopic (exact) mass is 459 g/mol. The van der Waals surface area contributed by atoms with E-state index in [0.717, 1.165) is 0 Å². The van der Waals surface area contributed by atoms with Gasteiger partial charge in [0, 0.05) is 36.6 Å². The highest BCUT2D eigenvalue weighted by atomic mass is 19.1. The zero-order chi connectivity index (χ0) is 23.8. The Hall–Kier alpha value is -4.59. The van der Waals surface area contributed by atoms with Gasteiger partial charge in [0.05, 0.1) is 6.20 Å². The fraction of sp³-hybridized carbons (Fsp3) is 0.0385. The molecule has 8 heteroatoms. The van der Waals surface area contributed by atoms with E-state index in [2.05, 4.69) is 15.3 Å². The number of ether oxygens (including phenoxy) is 2. The van der Waals surface area contributed by atoms with Gasteiger partial charge in [-0.1, -0.05) is 18.2 Å². The van der Waals surface area contributed by atoms with Gasteiger partial charge in [-0.25, -0.2) is 13.8 Å². The van der Waals surface area contributed by atoms with Crippen molar-refractivity contribution in [1.29, 1.82) is 0 Å². The van der Waals surface area contributed by atoms with Gasteiger partial charge in [-0.15, -0.1) is 0 Å². The molecular weight excluding hydrogens is 440 g/mol. The Morgan fingerprint density at radius 1 is 0.941 bits per heavy atom. The average molecular weight is 459 g/mol. The first-order valence-electron chi connectivity index (χ1n) is 10.3. The van der Waals surface area contributed by atoms with Crippen LogP contribution in [0.5, 0.6) is 23.1 Å². The summed E-state index contributed by atoms with van der Waals surface area (Å²) in [5.74, 6) is -0.371. The maximum absolute atomic E-state index is 14.4. The number of carbonyl (C=O) groups is 1. The summed E-state index contributed by atoms with van der Waals surface area (Å²) in [5.41, 5.74) is 1.10. The molecule has 0 fully saturated rings. The molecule has 0 saturated heterocycles. The van der Waals surface area contributed by atoms with E-state index in [1.165, 1.54) is 54.9 Å². The summed E-state index contributed by atoms with van der Waals surface area (Å²) < 4.78 is 38.8. The number of pyridine rings is 2. The first kappa shape index (κ1) is 22.6. The summed E-state index contributed by atoms with van der Waals surface area (Å²) in [5, 5.41) is 2.72. The fourth-order valence-electron chi connectivity index (χ4n) is 2.94. The predicted octanol–water partition coefficient (Wildman–Crippen LogP) is 5.67. The second kappa shape index (κ2) is 10.8. The second-order valence-electron chi connectivity index (χ2n) is 7.06. The Morgan fingerprint density at radius 2 is 1.79 bits per heavy atom. The topological polar surface area (TPSA) is 73.3 Å². The van der Waals surface area contributed by atoms with E-state index in [-0.39, 0.29) is 18.2 Å². The number of benzene rings is 2. The first-order valence-corrected chi connectivity index (χ1v) is 10.3. The Kier molecular flexibility index (Phi) is 7.19. The van der Waals surface area contributed by atoms with Gasteiger partial charge in [0.1, 0.15) is 17.3 Å². The molecule has 0 saturated carbocycles. The van der Waals surface area contributed by atoms with Crippen molar-refractivity contribution in [2.24, 2.45) is 0 Å². The molecule has 2 aromatic heterocycles. The Balaban J connectivity index is 1.35. The molecule has 2 heterocycles. The standard InChI is InChI=1S/C26H19F2N3O3/c27-20-5-1-6-21(15-20)34-26-19(4-2-13-30-26)16-31-25(32)11-9-18-8-10-24(23(28)14-18)33-22-7-3-12-29-17-22/h1-15,17H,16H2,(H,31,32)/b11-9+. The predicted molar refractivity (Wildman–Crippen MR) is 122 cm³/mol. The van der Waals surface area contributed by atoms with Crippen LogP contribution < -0.4 is 14.8 Å². The van der Waals surface area contributed by atoms with Crippen LogP contribution in [0.3, 0.4) is 0 Å². The number of aromatic nitrogens is 2. The molecule has 0 bridgehead atoms. The molecule has 2 aromatic carbocycles. The van der Waals surface area contributed by atoms with Gasteiger partial charge in [0.2, 0.25) is 11.8 Å². The van der Waals surface area contributed by atoms with Gasteiger partial charge in [-0.2, -0.15) is 0 Å². The lowest BCUT2D eigenvalue weighted by molar-refractivity contribution is -0.116. The fourth-order valence-corrected chi connectivity index (χ4v) is 2.94. The lowest BCUT2D eigenvalue weighted by Crippen LogP contribution is -2.20. The van der Waals surface area contributed by atoms with Gasteiger partial charge in [-0.3, -0.25) is 9.78 Å². The molecule has 0 unspecified atom stereocenters. The number of nitrogens with zero attached hydrogens (tertiary/aromatic N) is 2. The van der Waals surface area contributed by atoms with E-state index in [1.807, 2.05) is 0 Å². The van der Waals surface area contributed by atoms with E-state index in [1.54, 1.807) is 42.6 Å². The van der Waals surface area contributed by atoms with Crippen LogP contribution in [0, 0.1) is 11.6 Å². The maximum Gasteiger partial charge on any atom is 0.244 e. The van der Waals surface area contributed by atoms with E-state index in [9.17, 15) is 13.6 Å². The Morgan fingerprint density at radius 3 is 2.59 bits per heavy atom. The van der Waals surface area contributed by atoms with Gasteiger partial charge in [0.25, 0.3) is 0 Å². The molecule has 1 N–H and O–H groups in total. The minimum Gasteiger partial charge on any atom is -0.453 e. The molecule has 0 spiro atoms. The SMILES string of the molecule is O=C(/C=C/c1ccc(Oc2cccnc2)c(F)c1)NCc1cccnc1Oc1cccc(F)c1. The number of nitrogens with one attached hydrogen (secondary N) is 1. The molecular formula is C26H19F2N3O3. The Bertz CT molecular complexity index is 1310. The van der Waals surface area contributed by atoms with Crippen molar-refractivity contribution >= 4 is 12.0 Å². The number of carbonyl (C=O) groups excluding carboxylic acids is 1. The molecule has 0 radical (unpaired) electrons. The molecule has 4 rings (SSSR count). The summed E-state index contributed by atoms with van der Waals surface area (Å²) in [7, 11) is 0. The van der Waals surface area contributed by atoms with Crippen molar-refractivity contribution in [3.05, 3.63) is 114 Å². The largest absolute Gasteiger partial charge is 0.453 e. The van der Waals surface area contributed by atoms with Crippen LogP contribution in [0.15, 0.2) is 91.4 Å². The van der Waals surface area contributed by atoms with E-state index >= 15 is 0 Å². The highest BCUT2D eigenvalue weighted by Crippen LogP contribution is 2.25. The number of amides is 1. The van der Waals surface area contributed by atoms with Gasteiger partial charge in [-0.05, 0) is 54.1 Å². The van der Waals surface area contributed by atoms with E-state index in [0.29, 0.717) is 22.6 Å². The van der Waals surface area contributed by atoms with Crippen LogP contribution in [0.2, 0.25) is 0 Å². The molecule has 4 aromatic rings. The summed E-state index contributed by atoms with van der Waals surface area (Å²) in [6, 6.07) is 16.9. The van der Waals surface area contributed by atoms with Crippen LogP contribution >= 0.6 is 0 Å². The third kappa shape index (κ3) is 6.23. The highest BCUT2D eigenvalue weighted by molar-refractivity contribution is 5.91. The minimum absolute atomic E-state index is 0.0528. The van der Waals surface area contributed by atoms with Crippen molar-refractivity contribution in [1.82, 2.24) is 15.3 Å². The third-order valence-corrected chi connectivity index (χ3v) is 4.56. The lowest BCUT2D eigenvalue weighted by Gasteiger charge is -2.10. The second-order valence-corrected chi connectivity index (χ2v) is 7.06. The lowest BCUT2D eigenvalue weighted by atomic mass is 10.2. The number of rotatable bonds is 8. The number of hydrogen-bond donors (Lipinski definition) is 1. The van der Waals surface area contributed by atoms with Crippen LogP contribution in [-0.2, 0) is 11.3 Å². The van der Waals surface area contributed by atoms with Crippen molar-refractivity contribution in [3.8, 4) is 23.1 Å². The van der Waals surface area contributed by atoms with Crippen molar-refractivity contribution in [2.75, 3.05) is 0 Å².